The zero-order chi connectivity index (χ0) is 23.2. The molecule has 0 radical (unpaired) electrons. The van der Waals surface area contributed by atoms with Crippen LogP contribution < -0.4 is 15.4 Å². The molecule has 1 atom stereocenters. The quantitative estimate of drug-likeness (QED) is 0.310. The lowest BCUT2D eigenvalue weighted by molar-refractivity contribution is 0.249. The van der Waals surface area contributed by atoms with Gasteiger partial charge in [-0.1, -0.05) is 6.92 Å². The second-order valence-electron chi connectivity index (χ2n) is 6.67. The van der Waals surface area contributed by atoms with E-state index in [2.05, 4.69) is 15.4 Å². The fourth-order valence-corrected chi connectivity index (χ4v) is 4.34. The number of hydrogen-bond donors (Lipinski definition) is 4. The summed E-state index contributed by atoms with van der Waals surface area (Å²) in [4.78, 5) is 0. The van der Waals surface area contributed by atoms with Crippen molar-refractivity contribution >= 4 is 49.9 Å². The predicted octanol–water partition coefficient (Wildman–Crippen LogP) is 3.40. The van der Waals surface area contributed by atoms with Crippen LogP contribution in [0.3, 0.4) is 0 Å². The molecule has 0 fully saturated rings. The Hall–Kier alpha value is -1.61. The minimum Gasteiger partial charge on any atom is -0.395 e. The van der Waals surface area contributed by atoms with E-state index in [1.807, 2.05) is 22.6 Å². The molecular weight excluding hydrogens is 548 g/mol. The third-order valence-electron chi connectivity index (χ3n) is 4.35. The molecule has 0 aliphatic rings. The molecule has 0 aromatic heterocycles. The van der Waals surface area contributed by atoms with Gasteiger partial charge in [-0.2, -0.15) is 12.7 Å². The van der Waals surface area contributed by atoms with Crippen LogP contribution in [0.1, 0.15) is 13.8 Å². The highest BCUT2D eigenvalue weighted by atomic mass is 127. The molecular formula is C19H24F3IN4O3S. The van der Waals surface area contributed by atoms with Crippen molar-refractivity contribution in [3.63, 3.8) is 0 Å². The van der Waals surface area contributed by atoms with Gasteiger partial charge in [-0.05, 0) is 59.8 Å². The molecule has 1 unspecified atom stereocenters. The Balaban J connectivity index is 2.29. The second-order valence-corrected chi connectivity index (χ2v) is 9.59. The Kier molecular flexibility index (Phi) is 9.36. The van der Waals surface area contributed by atoms with Crippen LogP contribution >= 0.6 is 22.6 Å². The Bertz CT molecular complexity index is 1010. The molecule has 2 aromatic carbocycles. The Morgan fingerprint density at radius 1 is 1.13 bits per heavy atom. The second kappa shape index (κ2) is 11.3. The van der Waals surface area contributed by atoms with Crippen LogP contribution in [0.15, 0.2) is 30.3 Å². The number of aliphatic hydroxyl groups is 1. The van der Waals surface area contributed by atoms with Crippen molar-refractivity contribution < 1.29 is 26.7 Å². The summed E-state index contributed by atoms with van der Waals surface area (Å²) in [5, 5.41) is 14.4. The first kappa shape index (κ1) is 25.6. The summed E-state index contributed by atoms with van der Waals surface area (Å²) in [6, 6.07) is 5.73. The van der Waals surface area contributed by atoms with Crippen molar-refractivity contribution in [2.24, 2.45) is 0 Å². The van der Waals surface area contributed by atoms with E-state index >= 15 is 0 Å². The zero-order valence-electron chi connectivity index (χ0n) is 16.9. The molecule has 0 saturated carbocycles. The van der Waals surface area contributed by atoms with Gasteiger partial charge in [-0.25, -0.2) is 13.2 Å². The fourth-order valence-electron chi connectivity index (χ4n) is 2.64. The van der Waals surface area contributed by atoms with Crippen LogP contribution in [0.5, 0.6) is 0 Å². The van der Waals surface area contributed by atoms with Gasteiger partial charge in [0.2, 0.25) is 0 Å². The first-order valence-electron chi connectivity index (χ1n) is 9.41. The lowest BCUT2D eigenvalue weighted by atomic mass is 10.2. The maximum absolute atomic E-state index is 14.5. The predicted molar refractivity (Wildman–Crippen MR) is 123 cm³/mol. The van der Waals surface area contributed by atoms with Crippen LogP contribution in [-0.4, -0.2) is 50.1 Å². The summed E-state index contributed by atoms with van der Waals surface area (Å²) in [7, 11) is -4.13. The van der Waals surface area contributed by atoms with E-state index in [0.717, 1.165) is 16.4 Å². The largest absolute Gasteiger partial charge is 0.395 e. The van der Waals surface area contributed by atoms with E-state index in [1.54, 1.807) is 19.9 Å². The number of likely N-dealkylation sites (N-methyl/N-ethyl adjacent to an activating group) is 1. The van der Waals surface area contributed by atoms with Crippen molar-refractivity contribution in [3.8, 4) is 0 Å². The molecule has 12 heteroatoms. The maximum atomic E-state index is 14.5. The Morgan fingerprint density at radius 3 is 2.42 bits per heavy atom. The molecule has 0 aliphatic heterocycles. The third kappa shape index (κ3) is 6.94. The number of hydrogen-bond acceptors (Lipinski definition) is 5. The lowest BCUT2D eigenvalue weighted by Gasteiger charge is -2.23. The smallest absolute Gasteiger partial charge is 0.301 e. The van der Waals surface area contributed by atoms with Crippen molar-refractivity contribution in [1.82, 2.24) is 9.62 Å². The summed E-state index contributed by atoms with van der Waals surface area (Å²) in [6.07, 6.45) is 0. The fraction of sp³-hybridized carbons (Fsp3) is 0.368. The van der Waals surface area contributed by atoms with Crippen LogP contribution in [0, 0.1) is 21.0 Å². The highest BCUT2D eigenvalue weighted by Crippen LogP contribution is 2.32. The Morgan fingerprint density at radius 2 is 1.81 bits per heavy atom. The van der Waals surface area contributed by atoms with E-state index in [-0.39, 0.29) is 43.7 Å². The number of rotatable bonds is 11. The number of nitrogens with zero attached hydrogens (tertiary/aromatic N) is 1. The standard InChI is InChI=1S/C19H24F3IN4O3S/c1-3-27(9-8-24-12(2)11-28)31(29,30)26-17-7-5-14(20)18(22)19(17)25-16-6-4-13(23)10-15(16)21/h4-7,10,12,24-26,28H,3,8-9,11H2,1-2H3. The number of benzene rings is 2. The summed E-state index contributed by atoms with van der Waals surface area (Å²) in [6.45, 7) is 3.73. The topological polar surface area (TPSA) is 93.7 Å². The average molecular weight is 572 g/mol. The highest BCUT2D eigenvalue weighted by Gasteiger charge is 2.24. The lowest BCUT2D eigenvalue weighted by Crippen LogP contribution is -2.42. The molecule has 2 aromatic rings. The van der Waals surface area contributed by atoms with Crippen LogP contribution in [0.2, 0.25) is 0 Å². The van der Waals surface area contributed by atoms with E-state index < -0.39 is 33.3 Å². The van der Waals surface area contributed by atoms with E-state index in [4.69, 9.17) is 5.11 Å². The SMILES string of the molecule is CCN(CCNC(C)CO)S(=O)(=O)Nc1ccc(F)c(F)c1Nc1ccc(I)cc1F. The minimum absolute atomic E-state index is 0.0777. The molecule has 0 bridgehead atoms. The van der Waals surface area contributed by atoms with Crippen molar-refractivity contribution in [3.05, 3.63) is 51.4 Å². The number of anilines is 3. The van der Waals surface area contributed by atoms with Crippen molar-refractivity contribution in [1.29, 1.82) is 0 Å². The van der Waals surface area contributed by atoms with Gasteiger partial charge >= 0.3 is 10.2 Å². The van der Waals surface area contributed by atoms with Crippen LogP contribution in [0.4, 0.5) is 30.2 Å². The van der Waals surface area contributed by atoms with Crippen LogP contribution in [0.25, 0.3) is 0 Å². The van der Waals surface area contributed by atoms with Gasteiger partial charge in [0.15, 0.2) is 11.6 Å². The van der Waals surface area contributed by atoms with E-state index in [0.29, 0.717) is 3.57 Å². The molecule has 7 nitrogen and oxygen atoms in total. The summed E-state index contributed by atoms with van der Waals surface area (Å²) in [5.41, 5.74) is -0.946. The zero-order valence-corrected chi connectivity index (χ0v) is 19.9. The van der Waals surface area contributed by atoms with Gasteiger partial charge in [0.25, 0.3) is 0 Å². The van der Waals surface area contributed by atoms with Crippen molar-refractivity contribution in [2.45, 2.75) is 19.9 Å². The molecule has 172 valence electrons. The molecule has 0 heterocycles. The first-order valence-corrected chi connectivity index (χ1v) is 11.9. The van der Waals surface area contributed by atoms with Gasteiger partial charge in [0.1, 0.15) is 11.5 Å². The molecule has 2 rings (SSSR count). The molecule has 4 N–H and O–H groups in total. The summed E-state index contributed by atoms with van der Waals surface area (Å²) < 4.78 is 72.1. The van der Waals surface area contributed by atoms with Gasteiger partial charge in [0.05, 0.1) is 18.0 Å². The first-order chi connectivity index (χ1) is 14.6. The van der Waals surface area contributed by atoms with E-state index in [1.165, 1.54) is 12.1 Å². The number of halogens is 4. The third-order valence-corrected chi connectivity index (χ3v) is 6.61. The molecule has 31 heavy (non-hydrogen) atoms. The summed E-state index contributed by atoms with van der Waals surface area (Å²) >= 11 is 1.90. The van der Waals surface area contributed by atoms with Gasteiger partial charge < -0.3 is 15.7 Å². The molecule has 0 spiro atoms. The van der Waals surface area contributed by atoms with E-state index in [9.17, 15) is 21.6 Å². The highest BCUT2D eigenvalue weighted by molar-refractivity contribution is 14.1. The maximum Gasteiger partial charge on any atom is 0.301 e. The van der Waals surface area contributed by atoms with Gasteiger partial charge in [-0.15, -0.1) is 0 Å². The molecule has 0 aliphatic carbocycles. The van der Waals surface area contributed by atoms with Crippen LogP contribution in [-0.2, 0) is 10.2 Å². The molecule has 0 amide bonds. The van der Waals surface area contributed by atoms with Crippen molar-refractivity contribution in [2.75, 3.05) is 36.3 Å². The monoisotopic (exact) mass is 572 g/mol. The van der Waals surface area contributed by atoms with Gasteiger partial charge in [-0.3, -0.25) is 4.72 Å². The van der Waals surface area contributed by atoms with Gasteiger partial charge in [0, 0.05) is 29.2 Å². The molecule has 0 saturated heterocycles. The normalized spacial score (nSPS) is 12.8. The number of nitrogens with one attached hydrogen (secondary N) is 3. The number of aliphatic hydroxyl groups excluding tert-OH is 1. The average Bonchev–Trinajstić information content (AvgIpc) is 2.71. The Labute approximate surface area is 193 Å². The minimum atomic E-state index is -4.13. The summed E-state index contributed by atoms with van der Waals surface area (Å²) in [5.74, 6) is -3.27.